The van der Waals surface area contributed by atoms with Crippen LogP contribution in [-0.2, 0) is 37.7 Å². The Morgan fingerprint density at radius 2 is 1.67 bits per heavy atom. The van der Waals surface area contributed by atoms with Crippen LogP contribution in [-0.4, -0.2) is 118 Å². The Morgan fingerprint density at radius 3 is 2.27 bits per heavy atom. The van der Waals surface area contributed by atoms with Crippen LogP contribution in [0, 0.1) is 12.8 Å². The van der Waals surface area contributed by atoms with Gasteiger partial charge in [-0.2, -0.15) is 0 Å². The zero-order valence-corrected chi connectivity index (χ0v) is 29.7. The largest absolute Gasteiger partial charge is 0.396 e. The van der Waals surface area contributed by atoms with Gasteiger partial charge in [-0.1, -0.05) is 36.4 Å². The third-order valence-electron chi connectivity index (χ3n) is 10.4. The molecule has 0 unspecified atom stereocenters. The van der Waals surface area contributed by atoms with E-state index in [1.165, 1.54) is 4.90 Å². The molecule has 2 heterocycles. The summed E-state index contributed by atoms with van der Waals surface area (Å²) < 4.78 is 12.5. The Balaban J connectivity index is 1.39. The Labute approximate surface area is 284 Å². The van der Waals surface area contributed by atoms with E-state index in [0.717, 1.165) is 35.2 Å². The lowest BCUT2D eigenvalue weighted by molar-refractivity contribution is -0.341. The van der Waals surface area contributed by atoms with Gasteiger partial charge in [0.1, 0.15) is 17.2 Å². The molecule has 0 saturated carbocycles. The van der Waals surface area contributed by atoms with Crippen LogP contribution < -0.4 is 5.32 Å². The molecule has 11 heteroatoms. The van der Waals surface area contributed by atoms with E-state index in [1.54, 1.807) is 40.8 Å². The van der Waals surface area contributed by atoms with Gasteiger partial charge < -0.3 is 45.0 Å². The predicted molar refractivity (Wildman–Crippen MR) is 182 cm³/mol. The Morgan fingerprint density at radius 1 is 1.02 bits per heavy atom. The summed E-state index contributed by atoms with van der Waals surface area (Å²) >= 11 is 0. The monoisotopic (exact) mass is 669 g/mol. The fourth-order valence-electron chi connectivity index (χ4n) is 6.72. The van der Waals surface area contributed by atoms with Crippen molar-refractivity contribution in [3.63, 3.8) is 0 Å². The lowest BCUT2D eigenvalue weighted by Gasteiger charge is -2.52. The first-order chi connectivity index (χ1) is 22.4. The highest BCUT2D eigenvalue weighted by atomic mass is 16.8. The van der Waals surface area contributed by atoms with Crippen molar-refractivity contribution in [2.45, 2.75) is 95.0 Å². The molecule has 0 radical (unpaired) electrons. The number of hydrogen-bond acceptors (Lipinski definition) is 9. The zero-order valence-electron chi connectivity index (χ0n) is 29.7. The maximum atomic E-state index is 12.9. The van der Waals surface area contributed by atoms with Crippen LogP contribution >= 0.6 is 0 Å². The number of ether oxygens (including phenoxy) is 2. The first-order valence-corrected chi connectivity index (χ1v) is 16.8. The first kappa shape index (κ1) is 37.9. The van der Waals surface area contributed by atoms with Gasteiger partial charge in [-0.05, 0) is 96.3 Å². The Bertz CT molecular complexity index is 1440. The SMILES string of the molecule is Cc1ccc([C@]23OC[C@](C(C)(C)O)(O2)[C@@H](CO)[C@H](O)[C@H]3O)cc1Cc1ccc(CCCC(=O)N(C)C(C)(C)C(=O)NCCN(C)C)cc1. The van der Waals surface area contributed by atoms with Gasteiger partial charge >= 0.3 is 0 Å². The van der Waals surface area contributed by atoms with Crippen molar-refractivity contribution >= 4 is 11.8 Å². The molecule has 2 aliphatic heterocycles. The van der Waals surface area contributed by atoms with Gasteiger partial charge in [-0.25, -0.2) is 0 Å². The quantitative estimate of drug-likeness (QED) is 0.203. The molecule has 2 fully saturated rings. The van der Waals surface area contributed by atoms with Crippen molar-refractivity contribution in [3.8, 4) is 0 Å². The summed E-state index contributed by atoms with van der Waals surface area (Å²) in [5.74, 6) is -2.90. The minimum atomic E-state index is -1.70. The topological polar surface area (TPSA) is 152 Å². The van der Waals surface area contributed by atoms with Gasteiger partial charge in [0.05, 0.1) is 24.9 Å². The first-order valence-electron chi connectivity index (χ1n) is 16.8. The van der Waals surface area contributed by atoms with E-state index in [1.807, 2.05) is 38.1 Å². The van der Waals surface area contributed by atoms with E-state index < -0.39 is 47.3 Å². The van der Waals surface area contributed by atoms with Crippen LogP contribution in [0.25, 0.3) is 0 Å². The molecule has 2 aromatic rings. The molecule has 11 nitrogen and oxygen atoms in total. The van der Waals surface area contributed by atoms with Crippen molar-refractivity contribution in [2.24, 2.45) is 5.92 Å². The smallest absolute Gasteiger partial charge is 0.245 e. The van der Waals surface area contributed by atoms with E-state index in [9.17, 15) is 30.0 Å². The fraction of sp³-hybridized carbons (Fsp3) is 0.622. The number of carbonyl (C=O) groups excluding carboxylic acids is 2. The summed E-state index contributed by atoms with van der Waals surface area (Å²) in [6.07, 6.45) is -0.556. The summed E-state index contributed by atoms with van der Waals surface area (Å²) in [6.45, 7) is 9.27. The number of nitrogens with one attached hydrogen (secondary N) is 1. The third-order valence-corrected chi connectivity index (χ3v) is 10.4. The molecule has 5 N–H and O–H groups in total. The van der Waals surface area contributed by atoms with Crippen molar-refractivity contribution < 1.29 is 39.5 Å². The summed E-state index contributed by atoms with van der Waals surface area (Å²) in [5.41, 5.74) is 0.866. The molecule has 2 aliphatic rings. The predicted octanol–water partition coefficient (Wildman–Crippen LogP) is 1.88. The van der Waals surface area contributed by atoms with E-state index in [2.05, 4.69) is 29.6 Å². The van der Waals surface area contributed by atoms with Crippen molar-refractivity contribution in [2.75, 3.05) is 47.4 Å². The van der Waals surface area contributed by atoms with E-state index in [4.69, 9.17) is 9.47 Å². The van der Waals surface area contributed by atoms with Crippen molar-refractivity contribution in [1.29, 1.82) is 0 Å². The van der Waals surface area contributed by atoms with E-state index >= 15 is 0 Å². The molecular formula is C37H55N3O8. The molecule has 266 valence electrons. The minimum absolute atomic E-state index is 0.0771. The van der Waals surface area contributed by atoms with Gasteiger partial charge in [0.25, 0.3) is 0 Å². The number of amides is 2. The Hall–Kier alpha value is -2.90. The number of aliphatic hydroxyl groups is 4. The van der Waals surface area contributed by atoms with Crippen LogP contribution in [0.15, 0.2) is 42.5 Å². The van der Waals surface area contributed by atoms with E-state index in [0.29, 0.717) is 31.4 Å². The second-order valence-corrected chi connectivity index (χ2v) is 14.8. The highest BCUT2D eigenvalue weighted by Gasteiger charge is 2.71. The van der Waals surface area contributed by atoms with Crippen molar-refractivity contribution in [3.05, 3.63) is 70.3 Å². The minimum Gasteiger partial charge on any atom is -0.396 e. The van der Waals surface area contributed by atoms with Gasteiger partial charge in [-0.3, -0.25) is 9.59 Å². The van der Waals surface area contributed by atoms with Crippen LogP contribution in [0.2, 0.25) is 0 Å². The average Bonchev–Trinajstić information content (AvgIpc) is 3.41. The fourth-order valence-corrected chi connectivity index (χ4v) is 6.72. The van der Waals surface area contributed by atoms with Gasteiger partial charge in [0, 0.05) is 38.0 Å². The number of carbonyl (C=O) groups is 2. The average molecular weight is 670 g/mol. The molecule has 2 bridgehead atoms. The number of hydrogen-bond donors (Lipinski definition) is 5. The number of fused-ring (bicyclic) bond motifs is 2. The molecule has 4 rings (SSSR count). The second-order valence-electron chi connectivity index (χ2n) is 14.8. The third kappa shape index (κ3) is 7.33. The standard InChI is InChI=1S/C37H55N3O8/c1-24-12-17-28(37-32(44)31(43)29(22-41)36(48-37,23-47-37)35(4,5)46)21-27(24)20-26-15-13-25(14-16-26)10-9-11-30(42)40(8)34(2,3)33(45)38-18-19-39(6)7/h12-17,21,29,31-32,41,43-44,46H,9-11,18-20,22-23H2,1-8H3,(H,38,45)/t29-,31-,32+,36-,37-/m0/s1. The molecular weight excluding hydrogens is 614 g/mol. The normalized spacial score (nSPS) is 25.7. The molecule has 48 heavy (non-hydrogen) atoms. The molecule has 2 saturated heterocycles. The number of rotatable bonds is 14. The van der Waals surface area contributed by atoms with Crippen LogP contribution in [0.1, 0.15) is 68.4 Å². The number of aliphatic hydroxyl groups excluding tert-OH is 3. The molecule has 0 spiro atoms. The number of likely N-dealkylation sites (N-methyl/N-ethyl adjacent to an activating group) is 2. The van der Waals surface area contributed by atoms with Gasteiger partial charge in [0.2, 0.25) is 17.6 Å². The number of aryl methyl sites for hydroxylation is 2. The summed E-state index contributed by atoms with van der Waals surface area (Å²) in [4.78, 5) is 29.2. The lowest BCUT2D eigenvalue weighted by atomic mass is 9.70. The number of benzene rings is 2. The second kappa shape index (κ2) is 14.5. The molecule has 2 aromatic carbocycles. The molecule has 2 amide bonds. The maximum Gasteiger partial charge on any atom is 0.245 e. The molecule has 5 atom stereocenters. The van der Waals surface area contributed by atoms with E-state index in [-0.39, 0.29) is 18.4 Å². The summed E-state index contributed by atoms with van der Waals surface area (Å²) in [5, 5.41) is 46.3. The van der Waals surface area contributed by atoms with Crippen LogP contribution in [0.3, 0.4) is 0 Å². The number of nitrogens with zero attached hydrogens (tertiary/aromatic N) is 2. The summed E-state index contributed by atoms with van der Waals surface area (Å²) in [7, 11) is 5.56. The Kier molecular flexibility index (Phi) is 11.5. The summed E-state index contributed by atoms with van der Waals surface area (Å²) in [6, 6.07) is 13.9. The highest BCUT2D eigenvalue weighted by Crippen LogP contribution is 2.55. The van der Waals surface area contributed by atoms with Gasteiger partial charge in [0.15, 0.2) is 0 Å². The van der Waals surface area contributed by atoms with Crippen LogP contribution in [0.4, 0.5) is 0 Å². The van der Waals surface area contributed by atoms with Gasteiger partial charge in [-0.15, -0.1) is 0 Å². The molecule has 0 aromatic heterocycles. The lowest BCUT2D eigenvalue weighted by Crippen LogP contribution is -2.68. The highest BCUT2D eigenvalue weighted by molar-refractivity contribution is 5.90. The zero-order chi connectivity index (χ0) is 35.7. The van der Waals surface area contributed by atoms with Crippen LogP contribution in [0.5, 0.6) is 0 Å². The van der Waals surface area contributed by atoms with Crippen molar-refractivity contribution in [1.82, 2.24) is 15.1 Å². The molecule has 0 aliphatic carbocycles. The maximum absolute atomic E-state index is 12.9.